The predicted molar refractivity (Wildman–Crippen MR) is 97.4 cm³/mol. The second-order valence-corrected chi connectivity index (χ2v) is 7.29. The minimum atomic E-state index is -4.09. The van der Waals surface area contributed by atoms with Crippen molar-refractivity contribution in [2.45, 2.75) is 0 Å². The molecule has 10 heteroatoms. The van der Waals surface area contributed by atoms with E-state index in [1.165, 1.54) is 36.4 Å². The van der Waals surface area contributed by atoms with Crippen molar-refractivity contribution in [2.24, 2.45) is 10.1 Å². The zero-order valence-electron chi connectivity index (χ0n) is 13.0. The second-order valence-electron chi connectivity index (χ2n) is 5.10. The zero-order chi connectivity index (χ0) is 18.7. The number of amides is 1. The number of carbonyl (C=O) groups excluding carboxylic acids is 1. The highest BCUT2D eigenvalue weighted by molar-refractivity contribution is 8.18. The van der Waals surface area contributed by atoms with E-state index in [0.717, 1.165) is 11.8 Å². The molecule has 2 aromatic rings. The SMILES string of the molecule is NS(=O)(=O)Oc1ccc(N=C2NC(=O)/C(=C\c3ccc(F)cc3)S2)cc1. The number of halogens is 1. The van der Waals surface area contributed by atoms with Gasteiger partial charge in [-0.3, -0.25) is 4.79 Å². The number of rotatable bonds is 4. The maximum atomic E-state index is 12.9. The molecule has 1 aliphatic rings. The molecule has 134 valence electrons. The normalized spacial score (nSPS) is 17.5. The van der Waals surface area contributed by atoms with E-state index in [9.17, 15) is 17.6 Å². The Balaban J connectivity index is 1.74. The first-order valence-corrected chi connectivity index (χ1v) is 9.45. The van der Waals surface area contributed by atoms with E-state index in [1.54, 1.807) is 18.2 Å². The van der Waals surface area contributed by atoms with Crippen molar-refractivity contribution in [2.75, 3.05) is 0 Å². The summed E-state index contributed by atoms with van der Waals surface area (Å²) in [6.45, 7) is 0. The summed E-state index contributed by atoms with van der Waals surface area (Å²) in [6, 6.07) is 11.6. The lowest BCUT2D eigenvalue weighted by Crippen LogP contribution is -2.19. The van der Waals surface area contributed by atoms with E-state index < -0.39 is 10.3 Å². The van der Waals surface area contributed by atoms with Crippen LogP contribution in [0.3, 0.4) is 0 Å². The summed E-state index contributed by atoms with van der Waals surface area (Å²) in [4.78, 5) is 16.7. The Kier molecular flexibility index (Phi) is 5.07. The molecule has 2 aromatic carbocycles. The Bertz CT molecular complexity index is 1000. The number of thioether (sulfide) groups is 1. The maximum Gasteiger partial charge on any atom is 0.380 e. The molecule has 0 aromatic heterocycles. The number of aliphatic imine (C=N–C) groups is 1. The lowest BCUT2D eigenvalue weighted by Gasteiger charge is -2.02. The molecule has 1 amide bonds. The van der Waals surface area contributed by atoms with Crippen LogP contribution in [0.15, 0.2) is 58.4 Å². The molecule has 0 aliphatic carbocycles. The molecule has 7 nitrogen and oxygen atoms in total. The van der Waals surface area contributed by atoms with Gasteiger partial charge in [-0.25, -0.2) is 9.38 Å². The Morgan fingerprint density at radius 1 is 1.12 bits per heavy atom. The first kappa shape index (κ1) is 18.1. The van der Waals surface area contributed by atoms with E-state index in [0.29, 0.717) is 21.3 Å². The van der Waals surface area contributed by atoms with E-state index in [4.69, 9.17) is 5.14 Å². The van der Waals surface area contributed by atoms with Gasteiger partial charge in [-0.1, -0.05) is 12.1 Å². The molecular weight excluding hydrogens is 381 g/mol. The molecule has 1 saturated heterocycles. The number of carbonyl (C=O) groups is 1. The number of nitrogens with one attached hydrogen (secondary N) is 1. The van der Waals surface area contributed by atoms with E-state index in [-0.39, 0.29) is 17.5 Å². The molecule has 0 unspecified atom stereocenters. The summed E-state index contributed by atoms with van der Waals surface area (Å²) < 4.78 is 39.2. The molecule has 1 fully saturated rings. The van der Waals surface area contributed by atoms with Gasteiger partial charge >= 0.3 is 10.3 Å². The summed E-state index contributed by atoms with van der Waals surface area (Å²) in [7, 11) is -4.09. The average Bonchev–Trinajstić information content (AvgIpc) is 2.89. The highest BCUT2D eigenvalue weighted by atomic mass is 32.2. The summed E-state index contributed by atoms with van der Waals surface area (Å²) in [5, 5.41) is 7.77. The van der Waals surface area contributed by atoms with Gasteiger partial charge in [0.1, 0.15) is 11.6 Å². The van der Waals surface area contributed by atoms with Gasteiger partial charge in [-0.05, 0) is 59.8 Å². The van der Waals surface area contributed by atoms with Crippen LogP contribution in [0.5, 0.6) is 5.75 Å². The van der Waals surface area contributed by atoms with Crippen LogP contribution in [0.4, 0.5) is 10.1 Å². The van der Waals surface area contributed by atoms with Crippen LogP contribution in [0, 0.1) is 5.82 Å². The van der Waals surface area contributed by atoms with Crippen molar-refractivity contribution in [3.8, 4) is 5.75 Å². The Labute approximate surface area is 153 Å². The zero-order valence-corrected chi connectivity index (χ0v) is 14.7. The lowest BCUT2D eigenvalue weighted by atomic mass is 10.2. The van der Waals surface area contributed by atoms with Gasteiger partial charge in [0.2, 0.25) is 0 Å². The number of benzene rings is 2. The Morgan fingerprint density at radius 2 is 1.77 bits per heavy atom. The third-order valence-corrected chi connectivity index (χ3v) is 4.43. The highest BCUT2D eigenvalue weighted by Crippen LogP contribution is 2.28. The fourth-order valence-corrected chi connectivity index (χ4v) is 3.24. The van der Waals surface area contributed by atoms with Gasteiger partial charge in [-0.2, -0.15) is 13.6 Å². The van der Waals surface area contributed by atoms with E-state index in [2.05, 4.69) is 14.5 Å². The van der Waals surface area contributed by atoms with E-state index in [1.807, 2.05) is 0 Å². The number of nitrogens with two attached hydrogens (primary N) is 1. The van der Waals surface area contributed by atoms with Crippen molar-refractivity contribution < 1.29 is 21.8 Å². The lowest BCUT2D eigenvalue weighted by molar-refractivity contribution is -0.115. The minimum absolute atomic E-state index is 0.0523. The first-order chi connectivity index (χ1) is 12.3. The molecular formula is C16H12FN3O4S2. The smallest absolute Gasteiger partial charge is 0.371 e. The van der Waals surface area contributed by atoms with Gasteiger partial charge in [0.05, 0.1) is 10.6 Å². The van der Waals surface area contributed by atoms with Gasteiger partial charge in [0, 0.05) is 0 Å². The third-order valence-electron chi connectivity index (χ3n) is 3.10. The van der Waals surface area contributed by atoms with Crippen molar-refractivity contribution in [3.05, 3.63) is 64.8 Å². The molecule has 0 atom stereocenters. The summed E-state index contributed by atoms with van der Waals surface area (Å²) in [6.07, 6.45) is 1.63. The highest BCUT2D eigenvalue weighted by Gasteiger charge is 2.23. The second kappa shape index (κ2) is 7.28. The number of hydrogen-bond acceptors (Lipinski definition) is 6. The van der Waals surface area contributed by atoms with Crippen LogP contribution in [0.25, 0.3) is 6.08 Å². The third kappa shape index (κ3) is 4.91. The monoisotopic (exact) mass is 393 g/mol. The summed E-state index contributed by atoms with van der Waals surface area (Å²) >= 11 is 1.14. The fourth-order valence-electron chi connectivity index (χ4n) is 2.02. The van der Waals surface area contributed by atoms with E-state index >= 15 is 0 Å². The standard InChI is InChI=1S/C16H12FN3O4S2/c17-11-3-1-10(2-4-11)9-14-15(21)20-16(25-14)19-12-5-7-13(8-6-12)24-26(18,22)23/h1-9H,(H2,18,22,23)(H,19,20,21)/b14-9+. The van der Waals surface area contributed by atoms with Crippen LogP contribution < -0.4 is 14.6 Å². The predicted octanol–water partition coefficient (Wildman–Crippen LogP) is 2.30. The number of hydrogen-bond donors (Lipinski definition) is 2. The van der Waals surface area contributed by atoms with Crippen molar-refractivity contribution >= 4 is 44.9 Å². The minimum Gasteiger partial charge on any atom is -0.371 e. The largest absolute Gasteiger partial charge is 0.380 e. The van der Waals surface area contributed by atoms with Crippen molar-refractivity contribution in [3.63, 3.8) is 0 Å². The maximum absolute atomic E-state index is 12.9. The summed E-state index contributed by atoms with van der Waals surface area (Å²) in [5.74, 6) is -0.614. The van der Waals surface area contributed by atoms with Crippen LogP contribution >= 0.6 is 11.8 Å². The van der Waals surface area contributed by atoms with Crippen molar-refractivity contribution in [1.29, 1.82) is 0 Å². The number of nitrogens with zero attached hydrogens (tertiary/aromatic N) is 1. The molecule has 0 radical (unpaired) electrons. The molecule has 26 heavy (non-hydrogen) atoms. The molecule has 3 N–H and O–H groups in total. The molecule has 1 heterocycles. The van der Waals surface area contributed by atoms with Crippen molar-refractivity contribution in [1.82, 2.24) is 5.32 Å². The number of amidine groups is 1. The van der Waals surface area contributed by atoms with Gasteiger partial charge in [-0.15, -0.1) is 0 Å². The van der Waals surface area contributed by atoms with Crippen LogP contribution in [0.2, 0.25) is 0 Å². The first-order valence-electron chi connectivity index (χ1n) is 7.16. The molecule has 0 bridgehead atoms. The summed E-state index contributed by atoms with van der Waals surface area (Å²) in [5.41, 5.74) is 1.17. The Morgan fingerprint density at radius 3 is 2.38 bits per heavy atom. The fraction of sp³-hybridized carbons (Fsp3) is 0. The van der Waals surface area contributed by atoms with Gasteiger partial charge < -0.3 is 9.50 Å². The van der Waals surface area contributed by atoms with Crippen LogP contribution in [0.1, 0.15) is 5.56 Å². The molecule has 3 rings (SSSR count). The van der Waals surface area contributed by atoms with Gasteiger partial charge in [0.15, 0.2) is 5.17 Å². The average molecular weight is 393 g/mol. The van der Waals surface area contributed by atoms with Crippen LogP contribution in [-0.2, 0) is 15.1 Å². The quantitative estimate of drug-likeness (QED) is 0.775. The Hall–Kier alpha value is -2.69. The van der Waals surface area contributed by atoms with Gasteiger partial charge in [0.25, 0.3) is 5.91 Å². The molecule has 0 saturated carbocycles. The topological polar surface area (TPSA) is 111 Å². The molecule has 0 spiro atoms. The van der Waals surface area contributed by atoms with Crippen LogP contribution in [-0.4, -0.2) is 19.5 Å². The molecule has 1 aliphatic heterocycles.